The van der Waals surface area contributed by atoms with Crippen molar-refractivity contribution in [3.8, 4) is 0 Å². The molecule has 9 heteroatoms. The molecule has 0 unspecified atom stereocenters. The van der Waals surface area contributed by atoms with E-state index in [0.29, 0.717) is 0 Å². The second kappa shape index (κ2) is 8.04. The lowest BCUT2D eigenvalue weighted by Crippen LogP contribution is -2.31. The summed E-state index contributed by atoms with van der Waals surface area (Å²) < 4.78 is 31.5. The summed E-state index contributed by atoms with van der Waals surface area (Å²) in [6, 6.07) is 9.34. The molecule has 1 heterocycles. The third kappa shape index (κ3) is 4.88. The van der Waals surface area contributed by atoms with Crippen molar-refractivity contribution in [3.05, 3.63) is 47.3 Å². The standard InChI is InChI=1S/C15H19N3O5S/c1-11-15(12(2)23-17-11)24(20,21)16-9-8-14(19)18-22-10-13-6-4-3-5-7-13/h3-7,16H,8-10H2,1-2H3,(H,18,19). The Kier molecular flexibility index (Phi) is 6.07. The molecule has 0 fully saturated rings. The molecule has 130 valence electrons. The minimum atomic E-state index is -3.76. The van der Waals surface area contributed by atoms with Crippen LogP contribution in [0.15, 0.2) is 39.8 Å². The molecule has 1 aromatic heterocycles. The Bertz CT molecular complexity index is 767. The highest BCUT2D eigenvalue weighted by Gasteiger charge is 2.23. The van der Waals surface area contributed by atoms with Gasteiger partial charge in [-0.15, -0.1) is 0 Å². The van der Waals surface area contributed by atoms with Crippen LogP contribution in [0, 0.1) is 13.8 Å². The molecular weight excluding hydrogens is 334 g/mol. The molecule has 2 N–H and O–H groups in total. The fourth-order valence-electron chi connectivity index (χ4n) is 2.05. The molecule has 0 aliphatic heterocycles. The van der Waals surface area contributed by atoms with Gasteiger partial charge in [-0.1, -0.05) is 35.5 Å². The van der Waals surface area contributed by atoms with E-state index in [1.807, 2.05) is 30.3 Å². The molecular formula is C15H19N3O5S. The summed E-state index contributed by atoms with van der Waals surface area (Å²) in [5.74, 6) is -0.219. The number of aromatic nitrogens is 1. The molecule has 0 aliphatic rings. The molecule has 2 rings (SSSR count). The van der Waals surface area contributed by atoms with Crippen LogP contribution in [-0.4, -0.2) is 26.0 Å². The molecule has 1 aromatic carbocycles. The number of hydrogen-bond donors (Lipinski definition) is 2. The lowest BCUT2D eigenvalue weighted by atomic mass is 10.2. The van der Waals surface area contributed by atoms with E-state index in [9.17, 15) is 13.2 Å². The van der Waals surface area contributed by atoms with Crippen LogP contribution < -0.4 is 10.2 Å². The van der Waals surface area contributed by atoms with E-state index in [1.54, 1.807) is 0 Å². The van der Waals surface area contributed by atoms with Crippen LogP contribution in [0.1, 0.15) is 23.4 Å². The first kappa shape index (κ1) is 18.1. The maximum absolute atomic E-state index is 12.1. The van der Waals surface area contributed by atoms with Gasteiger partial charge >= 0.3 is 0 Å². The number of nitrogens with zero attached hydrogens (tertiary/aromatic N) is 1. The normalized spacial score (nSPS) is 11.4. The molecule has 1 amide bonds. The van der Waals surface area contributed by atoms with Crippen LogP contribution in [0.3, 0.4) is 0 Å². The zero-order valence-corrected chi connectivity index (χ0v) is 14.2. The Balaban J connectivity index is 1.74. The smallest absolute Gasteiger partial charge is 0.245 e. The van der Waals surface area contributed by atoms with Gasteiger partial charge in [0.05, 0.1) is 6.61 Å². The number of carbonyl (C=O) groups is 1. The maximum atomic E-state index is 12.1. The van der Waals surface area contributed by atoms with E-state index in [2.05, 4.69) is 15.4 Å². The first-order chi connectivity index (χ1) is 11.4. The van der Waals surface area contributed by atoms with Crippen LogP contribution >= 0.6 is 0 Å². The van der Waals surface area contributed by atoms with Crippen molar-refractivity contribution in [2.45, 2.75) is 31.8 Å². The Morgan fingerprint density at radius 2 is 1.96 bits per heavy atom. The zero-order chi connectivity index (χ0) is 17.6. The van der Waals surface area contributed by atoms with Gasteiger partial charge in [0, 0.05) is 13.0 Å². The molecule has 0 bridgehead atoms. The van der Waals surface area contributed by atoms with E-state index < -0.39 is 15.9 Å². The highest BCUT2D eigenvalue weighted by Crippen LogP contribution is 2.18. The predicted octanol–water partition coefficient (Wildman–Crippen LogP) is 1.21. The maximum Gasteiger partial charge on any atom is 0.245 e. The van der Waals surface area contributed by atoms with Crippen LogP contribution in [-0.2, 0) is 26.3 Å². The molecule has 0 saturated carbocycles. The van der Waals surface area contributed by atoms with Crippen LogP contribution in [0.5, 0.6) is 0 Å². The monoisotopic (exact) mass is 353 g/mol. The van der Waals surface area contributed by atoms with Crippen molar-refractivity contribution in [2.24, 2.45) is 0 Å². The largest absolute Gasteiger partial charge is 0.360 e. The van der Waals surface area contributed by atoms with Gasteiger partial charge in [0.25, 0.3) is 0 Å². The zero-order valence-electron chi connectivity index (χ0n) is 13.4. The van der Waals surface area contributed by atoms with Gasteiger partial charge in [0.2, 0.25) is 15.9 Å². The van der Waals surface area contributed by atoms with Gasteiger partial charge in [-0.2, -0.15) is 0 Å². The van der Waals surface area contributed by atoms with Gasteiger partial charge in [0.15, 0.2) is 5.76 Å². The number of amides is 1. The Hall–Kier alpha value is -2.23. The second-order valence-electron chi connectivity index (χ2n) is 5.10. The Morgan fingerprint density at radius 3 is 2.58 bits per heavy atom. The summed E-state index contributed by atoms with van der Waals surface area (Å²) in [7, 11) is -3.76. The number of carbonyl (C=O) groups excluding carboxylic acids is 1. The van der Waals surface area contributed by atoms with E-state index >= 15 is 0 Å². The first-order valence-corrected chi connectivity index (χ1v) is 8.75. The number of hydrogen-bond acceptors (Lipinski definition) is 6. The lowest BCUT2D eigenvalue weighted by molar-refractivity contribution is -0.134. The quantitative estimate of drug-likeness (QED) is 0.690. The fraction of sp³-hybridized carbons (Fsp3) is 0.333. The number of sulfonamides is 1. The van der Waals surface area contributed by atoms with Crippen molar-refractivity contribution < 1.29 is 22.6 Å². The van der Waals surface area contributed by atoms with Crippen LogP contribution in [0.25, 0.3) is 0 Å². The average molecular weight is 353 g/mol. The molecule has 0 saturated heterocycles. The Morgan fingerprint density at radius 1 is 1.25 bits per heavy atom. The van der Waals surface area contributed by atoms with Crippen LogP contribution in [0.2, 0.25) is 0 Å². The molecule has 8 nitrogen and oxygen atoms in total. The topological polar surface area (TPSA) is 111 Å². The summed E-state index contributed by atoms with van der Waals surface area (Å²) in [4.78, 5) is 16.7. The molecule has 0 radical (unpaired) electrons. The first-order valence-electron chi connectivity index (χ1n) is 7.27. The van der Waals surface area contributed by atoms with Crippen LogP contribution in [0.4, 0.5) is 0 Å². The Labute approximate surface area is 140 Å². The molecule has 0 spiro atoms. The van der Waals surface area contributed by atoms with Crippen molar-refractivity contribution in [3.63, 3.8) is 0 Å². The number of nitrogens with one attached hydrogen (secondary N) is 2. The third-order valence-corrected chi connectivity index (χ3v) is 4.85. The van der Waals surface area contributed by atoms with E-state index in [0.717, 1.165) is 5.56 Å². The van der Waals surface area contributed by atoms with Gasteiger partial charge in [0.1, 0.15) is 10.6 Å². The summed E-state index contributed by atoms with van der Waals surface area (Å²) in [5.41, 5.74) is 3.46. The second-order valence-corrected chi connectivity index (χ2v) is 6.80. The molecule has 24 heavy (non-hydrogen) atoms. The predicted molar refractivity (Wildman–Crippen MR) is 85.2 cm³/mol. The highest BCUT2D eigenvalue weighted by molar-refractivity contribution is 7.89. The summed E-state index contributed by atoms with van der Waals surface area (Å²) in [6.07, 6.45) is -0.0581. The minimum absolute atomic E-state index is 0.00300. The third-order valence-electron chi connectivity index (χ3n) is 3.15. The van der Waals surface area contributed by atoms with Gasteiger partial charge in [-0.05, 0) is 19.4 Å². The number of hydroxylamine groups is 1. The van der Waals surface area contributed by atoms with Gasteiger partial charge in [-0.3, -0.25) is 9.63 Å². The lowest BCUT2D eigenvalue weighted by Gasteiger charge is -2.07. The van der Waals surface area contributed by atoms with Gasteiger partial charge < -0.3 is 4.52 Å². The molecule has 2 aromatic rings. The molecule has 0 atom stereocenters. The summed E-state index contributed by atoms with van der Waals surface area (Å²) >= 11 is 0. The number of aryl methyl sites for hydroxylation is 2. The minimum Gasteiger partial charge on any atom is -0.360 e. The highest BCUT2D eigenvalue weighted by atomic mass is 32.2. The number of benzene rings is 1. The summed E-state index contributed by atoms with van der Waals surface area (Å²) in [5, 5.41) is 3.60. The van der Waals surface area contributed by atoms with E-state index in [-0.39, 0.29) is 35.9 Å². The van der Waals surface area contributed by atoms with E-state index in [4.69, 9.17) is 9.36 Å². The van der Waals surface area contributed by atoms with Crippen molar-refractivity contribution in [1.29, 1.82) is 0 Å². The van der Waals surface area contributed by atoms with Crippen molar-refractivity contribution in [2.75, 3.05) is 6.54 Å². The van der Waals surface area contributed by atoms with E-state index in [1.165, 1.54) is 13.8 Å². The molecule has 0 aliphatic carbocycles. The fourth-order valence-corrected chi connectivity index (χ4v) is 3.41. The summed E-state index contributed by atoms with van der Waals surface area (Å²) in [6.45, 7) is 3.22. The van der Waals surface area contributed by atoms with Crippen molar-refractivity contribution >= 4 is 15.9 Å². The average Bonchev–Trinajstić information content (AvgIpc) is 2.88. The van der Waals surface area contributed by atoms with Gasteiger partial charge in [-0.25, -0.2) is 18.6 Å². The SMILES string of the molecule is Cc1noc(C)c1S(=O)(=O)NCCC(=O)NOCc1ccccc1. The van der Waals surface area contributed by atoms with Crippen molar-refractivity contribution in [1.82, 2.24) is 15.4 Å². The number of rotatable bonds is 8.